The van der Waals surface area contributed by atoms with Crippen LogP contribution in [0.5, 0.6) is 0 Å². The second kappa shape index (κ2) is 6.29. The Morgan fingerprint density at radius 1 is 1.04 bits per heavy atom. The first-order valence-corrected chi connectivity index (χ1v) is 10.8. The summed E-state index contributed by atoms with van der Waals surface area (Å²) in [6.07, 6.45) is 9.47. The molecule has 0 aromatic heterocycles. The maximum Gasteiger partial charge on any atom is 0.303 e. The Labute approximate surface area is 168 Å². The molecule has 0 bridgehead atoms. The number of hydrogen-bond acceptors (Lipinski definition) is 4. The monoisotopic (exact) mass is 386 g/mol. The number of aliphatic hydroxyl groups excluding tert-OH is 1. The zero-order valence-electron chi connectivity index (χ0n) is 17.9. The molecule has 4 nitrogen and oxygen atoms in total. The average Bonchev–Trinajstić information content (AvgIpc) is 2.90. The highest BCUT2D eigenvalue weighted by Crippen LogP contribution is 2.67. The van der Waals surface area contributed by atoms with E-state index in [1.54, 1.807) is 6.92 Å². The largest absolute Gasteiger partial charge is 0.451 e. The molecule has 4 aliphatic carbocycles. The van der Waals surface area contributed by atoms with Crippen LogP contribution in [0.25, 0.3) is 0 Å². The predicted octanol–water partition coefficient (Wildman–Crippen LogP) is 4.37. The third-order valence-corrected chi connectivity index (χ3v) is 8.96. The molecule has 0 amide bonds. The van der Waals surface area contributed by atoms with Crippen LogP contribution in [-0.2, 0) is 14.3 Å². The van der Waals surface area contributed by atoms with Crippen LogP contribution in [-0.4, -0.2) is 28.6 Å². The topological polar surface area (TPSA) is 63.6 Å². The van der Waals surface area contributed by atoms with Gasteiger partial charge in [0.25, 0.3) is 0 Å². The van der Waals surface area contributed by atoms with Gasteiger partial charge in [-0.2, -0.15) is 0 Å². The maximum atomic E-state index is 12.8. The van der Waals surface area contributed by atoms with Gasteiger partial charge in [-0.05, 0) is 81.1 Å². The minimum Gasteiger partial charge on any atom is -0.451 e. The van der Waals surface area contributed by atoms with Gasteiger partial charge in [-0.15, -0.1) is 0 Å². The Morgan fingerprint density at radius 2 is 1.71 bits per heavy atom. The van der Waals surface area contributed by atoms with E-state index in [0.717, 1.165) is 32.1 Å². The van der Waals surface area contributed by atoms with Gasteiger partial charge in [0.15, 0.2) is 11.4 Å². The number of esters is 1. The Balaban J connectivity index is 1.78. The number of ether oxygens (including phenoxy) is 1. The van der Waals surface area contributed by atoms with Crippen LogP contribution in [0.2, 0.25) is 0 Å². The molecule has 4 aliphatic rings. The van der Waals surface area contributed by atoms with Crippen molar-refractivity contribution in [1.29, 1.82) is 0 Å². The lowest BCUT2D eigenvalue weighted by Gasteiger charge is -2.58. The molecule has 4 rings (SSSR count). The van der Waals surface area contributed by atoms with Crippen LogP contribution < -0.4 is 0 Å². The second-order valence-corrected chi connectivity index (χ2v) is 10.2. The molecule has 0 unspecified atom stereocenters. The van der Waals surface area contributed by atoms with Gasteiger partial charge < -0.3 is 9.84 Å². The number of Topliss-reactive ketones (excluding diaryl/α,β-unsaturated/α-hetero) is 1. The lowest BCUT2D eigenvalue weighted by Crippen LogP contribution is -2.58. The number of rotatable bonds is 2. The van der Waals surface area contributed by atoms with Crippen molar-refractivity contribution in [3.63, 3.8) is 0 Å². The Bertz CT molecular complexity index is 779. The van der Waals surface area contributed by atoms with Crippen LogP contribution >= 0.6 is 0 Å². The highest BCUT2D eigenvalue weighted by molar-refractivity contribution is 5.89. The molecule has 154 valence electrons. The molecule has 4 heteroatoms. The van der Waals surface area contributed by atoms with E-state index in [1.165, 1.54) is 18.1 Å². The van der Waals surface area contributed by atoms with E-state index in [2.05, 4.69) is 32.9 Å². The Kier molecular flexibility index (Phi) is 4.46. The standard InChI is InChI=1S/C24H34O4/c1-14-12-18-19(22(4)9-6-17(27)13-21(14)22)7-10-23(5)20(18)8-11-24(23,15(2)25)28-16(3)26/h12-13,17-20,27H,6-11H2,1-5H3/t17-,18+,19-,20-,22+,23-,24-/m0/s1. The fourth-order valence-electron chi connectivity index (χ4n) is 7.63. The Morgan fingerprint density at radius 3 is 2.36 bits per heavy atom. The predicted molar refractivity (Wildman–Crippen MR) is 107 cm³/mol. The van der Waals surface area contributed by atoms with Crippen molar-refractivity contribution in [3.05, 3.63) is 23.3 Å². The lowest BCUT2D eigenvalue weighted by molar-refractivity contribution is -0.185. The first-order valence-electron chi connectivity index (χ1n) is 10.8. The normalized spacial score (nSPS) is 47.2. The van der Waals surface area contributed by atoms with E-state index >= 15 is 0 Å². The summed E-state index contributed by atoms with van der Waals surface area (Å²) in [6.45, 7) is 9.75. The van der Waals surface area contributed by atoms with Crippen LogP contribution in [0, 0.1) is 28.6 Å². The van der Waals surface area contributed by atoms with E-state index in [4.69, 9.17) is 4.74 Å². The van der Waals surface area contributed by atoms with E-state index in [0.29, 0.717) is 24.2 Å². The lowest BCUT2D eigenvalue weighted by atomic mass is 9.47. The SMILES string of the molecule is CC(=O)O[C@]1(C(C)=O)CC[C@H]2[C@@H]3C=C(C)C4=C[C@@H](O)CC[C@]4(C)[C@H]3CC[C@@]21C. The van der Waals surface area contributed by atoms with Crippen molar-refractivity contribution in [2.45, 2.75) is 84.8 Å². The van der Waals surface area contributed by atoms with Crippen molar-refractivity contribution in [2.75, 3.05) is 0 Å². The highest BCUT2D eigenvalue weighted by atomic mass is 16.6. The maximum absolute atomic E-state index is 12.8. The number of carbonyl (C=O) groups excluding carboxylic acids is 2. The number of carbonyl (C=O) groups is 2. The van der Waals surface area contributed by atoms with Gasteiger partial charge in [0.1, 0.15) is 0 Å². The zero-order chi connectivity index (χ0) is 20.5. The summed E-state index contributed by atoms with van der Waals surface area (Å²) >= 11 is 0. The third-order valence-electron chi connectivity index (χ3n) is 8.96. The van der Waals surface area contributed by atoms with Gasteiger partial charge in [-0.3, -0.25) is 9.59 Å². The molecule has 0 aromatic carbocycles. The third kappa shape index (κ3) is 2.46. The Hall–Kier alpha value is -1.42. The molecule has 0 aromatic rings. The smallest absolute Gasteiger partial charge is 0.303 e. The molecule has 0 spiro atoms. The first kappa shape index (κ1) is 19.9. The molecule has 7 atom stereocenters. The molecule has 0 radical (unpaired) electrons. The van der Waals surface area contributed by atoms with Gasteiger partial charge in [0.2, 0.25) is 0 Å². The van der Waals surface area contributed by atoms with Crippen molar-refractivity contribution in [2.24, 2.45) is 28.6 Å². The van der Waals surface area contributed by atoms with Crippen molar-refractivity contribution < 1.29 is 19.4 Å². The zero-order valence-corrected chi connectivity index (χ0v) is 17.9. The molecular weight excluding hydrogens is 352 g/mol. The van der Waals surface area contributed by atoms with Crippen LogP contribution in [0.15, 0.2) is 23.3 Å². The van der Waals surface area contributed by atoms with Gasteiger partial charge in [0, 0.05) is 12.3 Å². The number of allylic oxidation sites excluding steroid dienone is 3. The van der Waals surface area contributed by atoms with E-state index < -0.39 is 5.60 Å². The van der Waals surface area contributed by atoms with Gasteiger partial charge in [0.05, 0.1) is 6.10 Å². The van der Waals surface area contributed by atoms with Gasteiger partial charge in [-0.1, -0.05) is 31.6 Å². The molecule has 2 saturated carbocycles. The van der Waals surface area contributed by atoms with E-state index in [1.807, 2.05) is 0 Å². The fraction of sp³-hybridized carbons (Fsp3) is 0.750. The number of fused-ring (bicyclic) bond motifs is 5. The average molecular weight is 387 g/mol. The van der Waals surface area contributed by atoms with Crippen molar-refractivity contribution in [1.82, 2.24) is 0 Å². The van der Waals surface area contributed by atoms with Crippen LogP contribution in [0.1, 0.15) is 73.1 Å². The minimum absolute atomic E-state index is 0.00440. The van der Waals surface area contributed by atoms with Gasteiger partial charge >= 0.3 is 5.97 Å². The highest BCUT2D eigenvalue weighted by Gasteiger charge is 2.67. The summed E-state index contributed by atoms with van der Waals surface area (Å²) in [7, 11) is 0. The molecule has 28 heavy (non-hydrogen) atoms. The van der Waals surface area contributed by atoms with Crippen molar-refractivity contribution >= 4 is 11.8 Å². The van der Waals surface area contributed by atoms with Crippen molar-refractivity contribution in [3.8, 4) is 0 Å². The summed E-state index contributed by atoms with van der Waals surface area (Å²) in [5, 5.41) is 10.2. The van der Waals surface area contributed by atoms with E-state index in [-0.39, 0.29) is 28.7 Å². The molecule has 0 saturated heterocycles. The van der Waals surface area contributed by atoms with Gasteiger partial charge in [-0.25, -0.2) is 0 Å². The molecule has 0 aliphatic heterocycles. The summed E-state index contributed by atoms with van der Waals surface area (Å²) in [6, 6.07) is 0. The first-order chi connectivity index (χ1) is 13.0. The summed E-state index contributed by atoms with van der Waals surface area (Å²) in [5.41, 5.74) is 1.41. The number of hydrogen-bond donors (Lipinski definition) is 1. The molecule has 0 heterocycles. The van der Waals surface area contributed by atoms with Crippen LogP contribution in [0.3, 0.4) is 0 Å². The fourth-order valence-corrected chi connectivity index (χ4v) is 7.63. The molecular formula is C24H34O4. The number of ketones is 1. The number of aliphatic hydroxyl groups is 1. The second-order valence-electron chi connectivity index (χ2n) is 10.2. The summed E-state index contributed by atoms with van der Waals surface area (Å²) < 4.78 is 5.83. The quantitative estimate of drug-likeness (QED) is 0.716. The minimum atomic E-state index is -0.976. The molecule has 1 N–H and O–H groups in total. The summed E-state index contributed by atoms with van der Waals surface area (Å²) in [4.78, 5) is 24.7. The molecule has 2 fully saturated rings. The van der Waals surface area contributed by atoms with E-state index in [9.17, 15) is 14.7 Å². The summed E-state index contributed by atoms with van der Waals surface area (Å²) in [5.74, 6) is 0.902. The van der Waals surface area contributed by atoms with Crippen LogP contribution in [0.4, 0.5) is 0 Å².